The molecule has 0 heterocycles. The second kappa shape index (κ2) is 5.58. The number of rotatable bonds is 4. The van der Waals surface area contributed by atoms with Crippen LogP contribution >= 0.6 is 0 Å². The van der Waals surface area contributed by atoms with Crippen molar-refractivity contribution in [1.82, 2.24) is 0 Å². The van der Waals surface area contributed by atoms with Crippen LogP contribution in [0.25, 0.3) is 11.1 Å². The highest BCUT2D eigenvalue weighted by atomic mass is 14.7. The van der Waals surface area contributed by atoms with Gasteiger partial charge < -0.3 is 5.73 Å². The van der Waals surface area contributed by atoms with Gasteiger partial charge in [-0.2, -0.15) is 0 Å². The third-order valence-electron chi connectivity index (χ3n) is 4.14. The van der Waals surface area contributed by atoms with Crippen molar-refractivity contribution < 1.29 is 0 Å². The van der Waals surface area contributed by atoms with Crippen molar-refractivity contribution in [2.75, 3.05) is 0 Å². The largest absolute Gasteiger partial charge is 0.321 e. The smallest absolute Gasteiger partial charge is 0.0430 e. The molecule has 1 heteroatoms. The van der Waals surface area contributed by atoms with E-state index in [0.29, 0.717) is 5.92 Å². The molecule has 0 aromatic heterocycles. The standard InChI is InChI=1S/C18H23N/c1-4-18(19,14(2)3)17-12-10-16(11-13-17)15-8-6-5-7-9-15/h5-14H,4,19H2,1-3H3. The Balaban J connectivity index is 2.33. The fraction of sp³-hybridized carbons (Fsp3) is 0.333. The van der Waals surface area contributed by atoms with Gasteiger partial charge in [-0.15, -0.1) is 0 Å². The summed E-state index contributed by atoms with van der Waals surface area (Å²) in [4.78, 5) is 0. The van der Waals surface area contributed by atoms with Crippen LogP contribution in [0.5, 0.6) is 0 Å². The highest BCUT2D eigenvalue weighted by Gasteiger charge is 2.28. The molecule has 1 nitrogen and oxygen atoms in total. The van der Waals surface area contributed by atoms with Crippen molar-refractivity contribution in [3.63, 3.8) is 0 Å². The van der Waals surface area contributed by atoms with Crippen LogP contribution in [-0.4, -0.2) is 0 Å². The van der Waals surface area contributed by atoms with Crippen LogP contribution in [0.1, 0.15) is 32.8 Å². The summed E-state index contributed by atoms with van der Waals surface area (Å²) in [5.74, 6) is 0.431. The quantitative estimate of drug-likeness (QED) is 0.848. The maximum Gasteiger partial charge on any atom is 0.0430 e. The highest BCUT2D eigenvalue weighted by Crippen LogP contribution is 2.31. The molecule has 0 aliphatic carbocycles. The molecule has 2 aromatic rings. The van der Waals surface area contributed by atoms with E-state index < -0.39 is 0 Å². The molecule has 0 fully saturated rings. The Bertz CT molecular complexity index is 513. The van der Waals surface area contributed by atoms with Crippen LogP contribution in [0.2, 0.25) is 0 Å². The van der Waals surface area contributed by atoms with Crippen LogP contribution in [-0.2, 0) is 5.54 Å². The third kappa shape index (κ3) is 2.71. The Kier molecular flexibility index (Phi) is 4.06. The average molecular weight is 253 g/mol. The van der Waals surface area contributed by atoms with E-state index in [4.69, 9.17) is 5.73 Å². The second-order valence-corrected chi connectivity index (χ2v) is 5.49. The minimum atomic E-state index is -0.227. The molecule has 0 amide bonds. The number of hydrogen-bond donors (Lipinski definition) is 1. The van der Waals surface area contributed by atoms with Crippen LogP contribution in [0.3, 0.4) is 0 Å². The van der Waals surface area contributed by atoms with E-state index in [2.05, 4.69) is 69.3 Å². The van der Waals surface area contributed by atoms with E-state index in [1.54, 1.807) is 0 Å². The molecule has 0 aliphatic heterocycles. The van der Waals surface area contributed by atoms with Gasteiger partial charge >= 0.3 is 0 Å². The first-order valence-electron chi connectivity index (χ1n) is 7.02. The van der Waals surface area contributed by atoms with Crippen molar-refractivity contribution in [2.24, 2.45) is 11.7 Å². The lowest BCUT2D eigenvalue weighted by Gasteiger charge is -2.33. The summed E-state index contributed by atoms with van der Waals surface area (Å²) in [7, 11) is 0. The van der Waals surface area contributed by atoms with E-state index in [1.807, 2.05) is 6.07 Å². The van der Waals surface area contributed by atoms with Crippen LogP contribution in [0, 0.1) is 5.92 Å². The first-order chi connectivity index (χ1) is 9.08. The van der Waals surface area contributed by atoms with Crippen LogP contribution in [0.4, 0.5) is 0 Å². The Hall–Kier alpha value is -1.60. The molecule has 1 atom stereocenters. The van der Waals surface area contributed by atoms with E-state index in [0.717, 1.165) is 6.42 Å². The average Bonchev–Trinajstić information content (AvgIpc) is 2.47. The molecule has 0 radical (unpaired) electrons. The van der Waals surface area contributed by atoms with Gasteiger partial charge in [-0.3, -0.25) is 0 Å². The van der Waals surface area contributed by atoms with Gasteiger partial charge in [0, 0.05) is 5.54 Å². The number of hydrogen-bond acceptors (Lipinski definition) is 1. The number of nitrogens with two attached hydrogens (primary N) is 1. The Morgan fingerprint density at radius 2 is 1.42 bits per heavy atom. The SMILES string of the molecule is CCC(N)(c1ccc(-c2ccccc2)cc1)C(C)C. The molecular formula is C18H23N. The van der Waals surface area contributed by atoms with Gasteiger partial charge in [-0.05, 0) is 29.0 Å². The predicted octanol–water partition coefficient (Wildman–Crippen LogP) is 4.57. The number of benzene rings is 2. The lowest BCUT2D eigenvalue weighted by atomic mass is 9.78. The van der Waals surface area contributed by atoms with Crippen molar-refractivity contribution in [2.45, 2.75) is 32.7 Å². The highest BCUT2D eigenvalue weighted by molar-refractivity contribution is 5.63. The molecule has 0 saturated heterocycles. The van der Waals surface area contributed by atoms with Gasteiger partial charge in [0.2, 0.25) is 0 Å². The summed E-state index contributed by atoms with van der Waals surface area (Å²) in [5.41, 5.74) is 10.0. The van der Waals surface area contributed by atoms with E-state index >= 15 is 0 Å². The first kappa shape index (κ1) is 13.8. The minimum Gasteiger partial charge on any atom is -0.321 e. The molecule has 2 aromatic carbocycles. The summed E-state index contributed by atoms with van der Waals surface area (Å²) >= 11 is 0. The molecule has 0 bridgehead atoms. The third-order valence-corrected chi connectivity index (χ3v) is 4.14. The summed E-state index contributed by atoms with van der Waals surface area (Å²) in [6.07, 6.45) is 0.954. The van der Waals surface area contributed by atoms with Gasteiger partial charge in [0.15, 0.2) is 0 Å². The van der Waals surface area contributed by atoms with Crippen LogP contribution < -0.4 is 5.73 Å². The molecule has 1 unspecified atom stereocenters. The topological polar surface area (TPSA) is 26.0 Å². The normalized spacial score (nSPS) is 14.4. The predicted molar refractivity (Wildman–Crippen MR) is 82.9 cm³/mol. The zero-order valence-corrected chi connectivity index (χ0v) is 12.1. The van der Waals surface area contributed by atoms with Crippen LogP contribution in [0.15, 0.2) is 54.6 Å². The maximum atomic E-state index is 6.55. The second-order valence-electron chi connectivity index (χ2n) is 5.49. The van der Waals surface area contributed by atoms with Crippen molar-refractivity contribution in [3.05, 3.63) is 60.2 Å². The van der Waals surface area contributed by atoms with Crippen molar-refractivity contribution in [3.8, 4) is 11.1 Å². The van der Waals surface area contributed by atoms with Gasteiger partial charge in [0.1, 0.15) is 0 Å². The minimum absolute atomic E-state index is 0.227. The maximum absolute atomic E-state index is 6.55. The van der Waals surface area contributed by atoms with Gasteiger partial charge in [0.25, 0.3) is 0 Å². The molecule has 0 spiro atoms. The molecule has 2 rings (SSSR count). The Labute approximate surface area is 116 Å². The molecular weight excluding hydrogens is 230 g/mol. The monoisotopic (exact) mass is 253 g/mol. The molecule has 100 valence electrons. The lowest BCUT2D eigenvalue weighted by Crippen LogP contribution is -2.41. The van der Waals surface area contributed by atoms with Gasteiger partial charge in [-0.1, -0.05) is 75.4 Å². The van der Waals surface area contributed by atoms with Gasteiger partial charge in [0.05, 0.1) is 0 Å². The summed E-state index contributed by atoms with van der Waals surface area (Å²) in [6.45, 7) is 6.54. The van der Waals surface area contributed by atoms with E-state index in [-0.39, 0.29) is 5.54 Å². The fourth-order valence-electron chi connectivity index (χ4n) is 2.55. The zero-order valence-electron chi connectivity index (χ0n) is 12.1. The van der Waals surface area contributed by atoms with Gasteiger partial charge in [-0.25, -0.2) is 0 Å². The fourth-order valence-corrected chi connectivity index (χ4v) is 2.55. The van der Waals surface area contributed by atoms with E-state index in [9.17, 15) is 0 Å². The van der Waals surface area contributed by atoms with Crippen molar-refractivity contribution >= 4 is 0 Å². The molecule has 0 aliphatic rings. The molecule has 0 saturated carbocycles. The lowest BCUT2D eigenvalue weighted by molar-refractivity contribution is 0.306. The summed E-state index contributed by atoms with van der Waals surface area (Å²) in [5, 5.41) is 0. The Morgan fingerprint density at radius 1 is 0.895 bits per heavy atom. The summed E-state index contributed by atoms with van der Waals surface area (Å²) < 4.78 is 0. The first-order valence-corrected chi connectivity index (χ1v) is 7.02. The zero-order chi connectivity index (χ0) is 13.9. The van der Waals surface area contributed by atoms with E-state index in [1.165, 1.54) is 16.7 Å². The van der Waals surface area contributed by atoms with Crippen molar-refractivity contribution in [1.29, 1.82) is 0 Å². The molecule has 2 N–H and O–H groups in total. The molecule has 19 heavy (non-hydrogen) atoms. The summed E-state index contributed by atoms with van der Waals surface area (Å²) in [6, 6.07) is 19.1. The Morgan fingerprint density at radius 3 is 1.89 bits per heavy atom.